The van der Waals surface area contributed by atoms with Gasteiger partial charge in [0, 0.05) is 23.0 Å². The first kappa shape index (κ1) is 11.8. The molecule has 1 nitrogen and oxygen atoms in total. The highest BCUT2D eigenvalue weighted by Gasteiger charge is 2.30. The number of benzene rings is 2. The Hall–Kier alpha value is -1.31. The van der Waals surface area contributed by atoms with E-state index in [1.807, 2.05) is 12.1 Å². The zero-order chi connectivity index (χ0) is 12.9. The number of nitrogens with two attached hydrogens (primary N) is 1. The van der Waals surface area contributed by atoms with Crippen LogP contribution in [0.1, 0.15) is 28.2 Å². The van der Waals surface area contributed by atoms with Crippen molar-refractivity contribution in [3.8, 4) is 11.1 Å². The van der Waals surface area contributed by atoms with Gasteiger partial charge in [0.05, 0.1) is 0 Å². The molecule has 2 aromatic rings. The van der Waals surface area contributed by atoms with Crippen molar-refractivity contribution < 1.29 is 0 Å². The second-order valence-corrected chi connectivity index (χ2v) is 5.44. The molecule has 1 aliphatic rings. The first-order valence-electron chi connectivity index (χ1n) is 6.23. The summed E-state index contributed by atoms with van der Waals surface area (Å²) in [5.74, 6) is 0.286. The summed E-state index contributed by atoms with van der Waals surface area (Å²) in [5.41, 5.74) is 13.6. The summed E-state index contributed by atoms with van der Waals surface area (Å²) in [7, 11) is 0. The molecule has 0 saturated heterocycles. The van der Waals surface area contributed by atoms with E-state index < -0.39 is 0 Å². The monoisotopic (exact) mass is 257 g/mol. The molecule has 0 bridgehead atoms. The molecule has 1 unspecified atom stereocenters. The SMILES string of the molecule is Cc1cc(C)c2c(c1)-c1c(Cl)cccc1C2CN. The van der Waals surface area contributed by atoms with Crippen molar-refractivity contribution in [3.63, 3.8) is 0 Å². The predicted molar refractivity (Wildman–Crippen MR) is 77.3 cm³/mol. The average Bonchev–Trinajstić information content (AvgIpc) is 2.64. The van der Waals surface area contributed by atoms with Crippen LogP contribution in [0.2, 0.25) is 5.02 Å². The molecule has 0 fully saturated rings. The fourth-order valence-electron chi connectivity index (χ4n) is 3.16. The lowest BCUT2D eigenvalue weighted by molar-refractivity contribution is 0.834. The van der Waals surface area contributed by atoms with Crippen molar-refractivity contribution in [2.75, 3.05) is 6.54 Å². The molecule has 2 aromatic carbocycles. The van der Waals surface area contributed by atoms with Gasteiger partial charge in [0.25, 0.3) is 0 Å². The third kappa shape index (κ3) is 1.51. The van der Waals surface area contributed by atoms with Crippen molar-refractivity contribution in [2.45, 2.75) is 19.8 Å². The van der Waals surface area contributed by atoms with E-state index >= 15 is 0 Å². The van der Waals surface area contributed by atoms with Crippen molar-refractivity contribution in [2.24, 2.45) is 5.73 Å². The summed E-state index contributed by atoms with van der Waals surface area (Å²) in [4.78, 5) is 0. The van der Waals surface area contributed by atoms with E-state index in [0.29, 0.717) is 6.54 Å². The Kier molecular flexibility index (Phi) is 2.69. The normalized spacial score (nSPS) is 16.6. The van der Waals surface area contributed by atoms with E-state index in [1.54, 1.807) is 0 Å². The highest BCUT2D eigenvalue weighted by molar-refractivity contribution is 6.33. The maximum Gasteiger partial charge on any atom is 0.0487 e. The van der Waals surface area contributed by atoms with Crippen LogP contribution in [-0.2, 0) is 0 Å². The fraction of sp³-hybridized carbons (Fsp3) is 0.250. The lowest BCUT2D eigenvalue weighted by atomic mass is 9.92. The largest absolute Gasteiger partial charge is 0.330 e. The van der Waals surface area contributed by atoms with Crippen LogP contribution in [0.15, 0.2) is 30.3 Å². The van der Waals surface area contributed by atoms with Crippen molar-refractivity contribution in [3.05, 3.63) is 57.6 Å². The average molecular weight is 258 g/mol. The quantitative estimate of drug-likeness (QED) is 0.820. The fourth-order valence-corrected chi connectivity index (χ4v) is 3.45. The Morgan fingerprint density at radius 3 is 2.72 bits per heavy atom. The maximum absolute atomic E-state index is 6.38. The van der Waals surface area contributed by atoms with Gasteiger partial charge in [0.15, 0.2) is 0 Å². The number of rotatable bonds is 1. The molecule has 1 atom stereocenters. The van der Waals surface area contributed by atoms with E-state index in [9.17, 15) is 0 Å². The zero-order valence-corrected chi connectivity index (χ0v) is 11.4. The molecular formula is C16H16ClN. The number of hydrogen-bond acceptors (Lipinski definition) is 1. The topological polar surface area (TPSA) is 26.0 Å². The van der Waals surface area contributed by atoms with Crippen LogP contribution in [-0.4, -0.2) is 6.54 Å². The Labute approximate surface area is 113 Å². The molecule has 2 N–H and O–H groups in total. The van der Waals surface area contributed by atoms with E-state index in [0.717, 1.165) is 5.02 Å². The van der Waals surface area contributed by atoms with Gasteiger partial charge >= 0.3 is 0 Å². The van der Waals surface area contributed by atoms with E-state index in [-0.39, 0.29) is 5.92 Å². The van der Waals surface area contributed by atoms with Gasteiger partial charge in [-0.2, -0.15) is 0 Å². The number of fused-ring (bicyclic) bond motifs is 3. The smallest absolute Gasteiger partial charge is 0.0487 e. The third-order valence-corrected chi connectivity index (χ3v) is 4.12. The minimum Gasteiger partial charge on any atom is -0.330 e. The molecule has 92 valence electrons. The molecule has 2 heteroatoms. The number of aryl methyl sites for hydroxylation is 2. The van der Waals surface area contributed by atoms with Crippen LogP contribution < -0.4 is 5.73 Å². The van der Waals surface area contributed by atoms with Gasteiger partial charge in [-0.05, 0) is 42.2 Å². The molecule has 0 aromatic heterocycles. The van der Waals surface area contributed by atoms with Crippen molar-refractivity contribution in [1.29, 1.82) is 0 Å². The minimum atomic E-state index is 0.286. The number of halogens is 1. The molecule has 0 aliphatic heterocycles. The second kappa shape index (κ2) is 4.11. The van der Waals surface area contributed by atoms with E-state index in [1.165, 1.54) is 33.4 Å². The Balaban J connectivity index is 2.39. The molecule has 1 aliphatic carbocycles. The highest BCUT2D eigenvalue weighted by atomic mass is 35.5. The maximum atomic E-state index is 6.38. The van der Waals surface area contributed by atoms with Crippen LogP contribution >= 0.6 is 11.6 Å². The van der Waals surface area contributed by atoms with E-state index in [4.69, 9.17) is 17.3 Å². The van der Waals surface area contributed by atoms with Crippen LogP contribution in [0.4, 0.5) is 0 Å². The lowest BCUT2D eigenvalue weighted by Gasteiger charge is -2.13. The molecule has 3 rings (SSSR count). The standard InChI is InChI=1S/C16H16ClN/c1-9-6-10(2)15-12(7-9)16-11(13(15)8-18)4-3-5-14(16)17/h3-7,13H,8,18H2,1-2H3. The Bertz CT molecular complexity index is 631. The van der Waals surface area contributed by atoms with Gasteiger partial charge in [0.1, 0.15) is 0 Å². The van der Waals surface area contributed by atoms with Gasteiger partial charge in [-0.25, -0.2) is 0 Å². The molecule has 0 radical (unpaired) electrons. The van der Waals surface area contributed by atoms with Crippen LogP contribution in [0.25, 0.3) is 11.1 Å². The molecule has 0 spiro atoms. The van der Waals surface area contributed by atoms with Crippen LogP contribution in [0.3, 0.4) is 0 Å². The molecule has 0 heterocycles. The number of hydrogen-bond donors (Lipinski definition) is 1. The first-order chi connectivity index (χ1) is 8.63. The van der Waals surface area contributed by atoms with Gasteiger partial charge in [0.2, 0.25) is 0 Å². The lowest BCUT2D eigenvalue weighted by Crippen LogP contribution is -2.12. The molecule has 0 saturated carbocycles. The first-order valence-corrected chi connectivity index (χ1v) is 6.61. The zero-order valence-electron chi connectivity index (χ0n) is 10.6. The summed E-state index contributed by atoms with van der Waals surface area (Å²) in [6.45, 7) is 4.91. The van der Waals surface area contributed by atoms with Gasteiger partial charge in [-0.1, -0.05) is 41.4 Å². The van der Waals surface area contributed by atoms with Gasteiger partial charge < -0.3 is 5.73 Å². The van der Waals surface area contributed by atoms with Crippen molar-refractivity contribution in [1.82, 2.24) is 0 Å². The molecular weight excluding hydrogens is 242 g/mol. The predicted octanol–water partition coefficient (Wildman–Crippen LogP) is 4.03. The third-order valence-electron chi connectivity index (χ3n) is 3.81. The minimum absolute atomic E-state index is 0.286. The van der Waals surface area contributed by atoms with Gasteiger partial charge in [-0.15, -0.1) is 0 Å². The summed E-state index contributed by atoms with van der Waals surface area (Å²) in [5, 5.41) is 0.828. The molecule has 0 amide bonds. The summed E-state index contributed by atoms with van der Waals surface area (Å²) >= 11 is 6.38. The highest BCUT2D eigenvalue weighted by Crippen LogP contribution is 2.48. The van der Waals surface area contributed by atoms with Crippen molar-refractivity contribution >= 4 is 11.6 Å². The van der Waals surface area contributed by atoms with E-state index in [2.05, 4.69) is 32.0 Å². The summed E-state index contributed by atoms with van der Waals surface area (Å²) < 4.78 is 0. The van der Waals surface area contributed by atoms with Gasteiger partial charge in [-0.3, -0.25) is 0 Å². The Morgan fingerprint density at radius 1 is 1.22 bits per heavy atom. The van der Waals surface area contributed by atoms with Crippen LogP contribution in [0.5, 0.6) is 0 Å². The second-order valence-electron chi connectivity index (χ2n) is 5.04. The van der Waals surface area contributed by atoms with Crippen LogP contribution in [0, 0.1) is 13.8 Å². The molecule has 18 heavy (non-hydrogen) atoms. The Morgan fingerprint density at radius 2 is 2.00 bits per heavy atom. The summed E-state index contributed by atoms with van der Waals surface area (Å²) in [6.07, 6.45) is 0. The summed E-state index contributed by atoms with van der Waals surface area (Å²) in [6, 6.07) is 10.6.